The molecule has 0 radical (unpaired) electrons. The molecule has 0 aliphatic heterocycles. The maximum absolute atomic E-state index is 11.4. The Labute approximate surface area is 380 Å². The first kappa shape index (κ1) is 50.4. The lowest BCUT2D eigenvalue weighted by Crippen LogP contribution is -2.02. The molecule has 8 rings (SSSR count). The van der Waals surface area contributed by atoms with E-state index in [1.165, 1.54) is 18.2 Å². The molecule has 0 saturated carbocycles. The molecule has 0 bridgehead atoms. The van der Waals surface area contributed by atoms with Crippen molar-refractivity contribution in [3.63, 3.8) is 0 Å². The van der Waals surface area contributed by atoms with Gasteiger partial charge in [0.1, 0.15) is 14.7 Å². The third-order valence-corrected chi connectivity index (χ3v) is 14.5. The summed E-state index contributed by atoms with van der Waals surface area (Å²) in [5.41, 5.74) is 7.82. The maximum Gasteiger partial charge on any atom is 0.295 e. The first-order valence-electron chi connectivity index (χ1n) is 19.9. The van der Waals surface area contributed by atoms with E-state index in [0.717, 1.165) is 65.9 Å². The number of aryl methyl sites for hydroxylation is 9. The molecule has 0 aliphatic carbocycles. The van der Waals surface area contributed by atoms with Crippen LogP contribution in [0.25, 0.3) is 43.1 Å². The molecule has 4 N–H and O–H groups in total. The lowest BCUT2D eigenvalue weighted by molar-refractivity contribution is 0.481. The SMILES string of the molecule is Cc1cc(C)c2ccc(C)c(S(=O)(=O)O)c2c1.Cc1cc(S(=O)(=O)O)c2cc(C)ccc2c1.Cc1ccc2c(C)cccc2c1S(=O)(=O)O.Cc1ccc2cc(S(=O)(=O)O)cc(C)c2c1. The molecule has 0 saturated heterocycles. The van der Waals surface area contributed by atoms with Gasteiger partial charge < -0.3 is 0 Å². The molecule has 12 nitrogen and oxygen atoms in total. The van der Waals surface area contributed by atoms with Crippen LogP contribution in [0.4, 0.5) is 0 Å². The molecule has 16 heteroatoms. The van der Waals surface area contributed by atoms with Gasteiger partial charge in [-0.3, -0.25) is 18.2 Å². The van der Waals surface area contributed by atoms with E-state index in [9.17, 15) is 47.3 Å². The van der Waals surface area contributed by atoms with E-state index >= 15 is 0 Å². The van der Waals surface area contributed by atoms with Crippen LogP contribution in [0.2, 0.25) is 0 Å². The number of rotatable bonds is 4. The molecule has 0 heterocycles. The second kappa shape index (κ2) is 19.1. The lowest BCUT2D eigenvalue weighted by Gasteiger charge is -2.10. The van der Waals surface area contributed by atoms with Crippen LogP contribution in [-0.2, 0) is 40.5 Å². The third-order valence-electron chi connectivity index (χ3n) is 10.7. The largest absolute Gasteiger partial charge is 0.295 e. The molecule has 0 atom stereocenters. The fourth-order valence-corrected chi connectivity index (χ4v) is 11.0. The predicted molar refractivity (Wildman–Crippen MR) is 258 cm³/mol. The van der Waals surface area contributed by atoms with Crippen LogP contribution in [0, 0.1) is 62.3 Å². The molecule has 0 aliphatic rings. The molecular formula is C49H50O12S4. The molecular weight excluding hydrogens is 909 g/mol. The summed E-state index contributed by atoms with van der Waals surface area (Å²) in [6, 6.07) is 34.0. The Morgan fingerprint density at radius 3 is 1.29 bits per heavy atom. The monoisotopic (exact) mass is 958 g/mol. The van der Waals surface area contributed by atoms with Crippen LogP contribution >= 0.6 is 0 Å². The van der Waals surface area contributed by atoms with Crippen molar-refractivity contribution in [3.05, 3.63) is 165 Å². The average molecular weight is 959 g/mol. The molecule has 65 heavy (non-hydrogen) atoms. The number of hydrogen-bond donors (Lipinski definition) is 4. The van der Waals surface area contributed by atoms with E-state index in [0.29, 0.717) is 27.3 Å². The summed E-state index contributed by atoms with van der Waals surface area (Å²) >= 11 is 0. The quantitative estimate of drug-likeness (QED) is 0.121. The van der Waals surface area contributed by atoms with Crippen molar-refractivity contribution >= 4 is 83.6 Å². The molecule has 0 fully saturated rings. The minimum atomic E-state index is -4.19. The number of benzene rings is 8. The van der Waals surface area contributed by atoms with Gasteiger partial charge in [-0.05, 0) is 141 Å². The fraction of sp³-hybridized carbons (Fsp3) is 0.184. The Kier molecular flexibility index (Phi) is 14.8. The normalized spacial score (nSPS) is 12.0. The Balaban J connectivity index is 0.000000163. The van der Waals surface area contributed by atoms with E-state index in [1.54, 1.807) is 57.2 Å². The summed E-state index contributed by atoms with van der Waals surface area (Å²) in [5.74, 6) is 0. The first-order chi connectivity index (χ1) is 30.0. The van der Waals surface area contributed by atoms with Crippen molar-refractivity contribution in [3.8, 4) is 0 Å². The van der Waals surface area contributed by atoms with Crippen LogP contribution < -0.4 is 0 Å². The first-order valence-corrected chi connectivity index (χ1v) is 25.6. The number of fused-ring (bicyclic) bond motifs is 4. The topological polar surface area (TPSA) is 217 Å². The van der Waals surface area contributed by atoms with Crippen molar-refractivity contribution in [1.82, 2.24) is 0 Å². The summed E-state index contributed by atoms with van der Waals surface area (Å²) < 4.78 is 127. The minimum Gasteiger partial charge on any atom is -0.282 e. The zero-order valence-electron chi connectivity index (χ0n) is 37.2. The zero-order valence-corrected chi connectivity index (χ0v) is 40.4. The van der Waals surface area contributed by atoms with Gasteiger partial charge in [0, 0.05) is 16.2 Å². The average Bonchev–Trinajstić information content (AvgIpc) is 3.17. The minimum absolute atomic E-state index is 0.00806. The van der Waals surface area contributed by atoms with E-state index < -0.39 is 40.5 Å². The predicted octanol–water partition coefficient (Wildman–Crippen LogP) is 11.1. The van der Waals surface area contributed by atoms with Gasteiger partial charge in [0.25, 0.3) is 40.5 Å². The van der Waals surface area contributed by atoms with E-state index in [-0.39, 0.29) is 19.6 Å². The standard InChI is InChI=1S/C13H14O3S.3C12H12O3S/c1-8-6-10(3)11-5-4-9(2)13(12(11)7-8)17(14,15)16;1-8-3-4-10-5-9(2)7-12(11(10)6-8)16(13,14)15;1-8-3-4-10-7-11(16(13,14)15)6-9(2)12(10)5-8;1-8-4-3-5-11-10(8)7-6-9(2)12(11)16(13,14)15/h4-7H,1-3H3,(H,14,15,16);3*3-7H,1-2H3,(H,13,14,15). The second-order valence-corrected chi connectivity index (χ2v) is 21.7. The third kappa shape index (κ3) is 12.0. The van der Waals surface area contributed by atoms with Gasteiger partial charge >= 0.3 is 0 Å². The molecule has 8 aromatic rings. The second-order valence-electron chi connectivity index (χ2n) is 16.1. The molecule has 0 aromatic heterocycles. The highest BCUT2D eigenvalue weighted by Gasteiger charge is 2.19. The van der Waals surface area contributed by atoms with Gasteiger partial charge in [-0.1, -0.05) is 114 Å². The highest BCUT2D eigenvalue weighted by atomic mass is 32.2. The van der Waals surface area contributed by atoms with Gasteiger partial charge in [0.2, 0.25) is 0 Å². The van der Waals surface area contributed by atoms with Gasteiger partial charge in [0.15, 0.2) is 0 Å². The summed E-state index contributed by atoms with van der Waals surface area (Å²) in [6.07, 6.45) is 0. The lowest BCUT2D eigenvalue weighted by atomic mass is 10.0. The molecule has 0 amide bonds. The Morgan fingerprint density at radius 1 is 0.308 bits per heavy atom. The van der Waals surface area contributed by atoms with Gasteiger partial charge in [0.05, 0.1) is 4.90 Å². The van der Waals surface area contributed by atoms with Crippen molar-refractivity contribution in [2.75, 3.05) is 0 Å². The highest BCUT2D eigenvalue weighted by Crippen LogP contribution is 2.31. The van der Waals surface area contributed by atoms with Gasteiger partial charge in [-0.2, -0.15) is 33.7 Å². The van der Waals surface area contributed by atoms with E-state index in [4.69, 9.17) is 4.55 Å². The summed E-state index contributed by atoms with van der Waals surface area (Å²) in [6.45, 7) is 16.6. The van der Waals surface area contributed by atoms with E-state index in [1.807, 2.05) is 102 Å². The highest BCUT2D eigenvalue weighted by molar-refractivity contribution is 7.86. The van der Waals surface area contributed by atoms with Crippen molar-refractivity contribution in [1.29, 1.82) is 0 Å². The van der Waals surface area contributed by atoms with Crippen LogP contribution in [-0.4, -0.2) is 51.9 Å². The molecule has 0 unspecified atom stereocenters. The summed E-state index contributed by atoms with van der Waals surface area (Å²) in [4.78, 5) is -0.0527. The van der Waals surface area contributed by atoms with Crippen molar-refractivity contribution in [2.45, 2.75) is 81.9 Å². The van der Waals surface area contributed by atoms with Crippen molar-refractivity contribution < 1.29 is 51.9 Å². The van der Waals surface area contributed by atoms with Gasteiger partial charge in [-0.25, -0.2) is 0 Å². The smallest absolute Gasteiger partial charge is 0.282 e. The molecule has 0 spiro atoms. The van der Waals surface area contributed by atoms with Crippen LogP contribution in [0.3, 0.4) is 0 Å². The number of hydrogen-bond acceptors (Lipinski definition) is 8. The molecule has 342 valence electrons. The summed E-state index contributed by atoms with van der Waals surface area (Å²) in [7, 11) is -16.7. The van der Waals surface area contributed by atoms with Crippen LogP contribution in [0.15, 0.2) is 135 Å². The maximum atomic E-state index is 11.4. The van der Waals surface area contributed by atoms with E-state index in [2.05, 4.69) is 0 Å². The zero-order chi connectivity index (χ0) is 48.6. The van der Waals surface area contributed by atoms with Crippen LogP contribution in [0.1, 0.15) is 50.1 Å². The Hall–Kier alpha value is -5.56. The van der Waals surface area contributed by atoms with Gasteiger partial charge in [-0.15, -0.1) is 0 Å². The Morgan fingerprint density at radius 2 is 0.769 bits per heavy atom. The van der Waals surface area contributed by atoms with Crippen molar-refractivity contribution in [2.24, 2.45) is 0 Å². The fourth-order valence-electron chi connectivity index (χ4n) is 7.73. The van der Waals surface area contributed by atoms with Crippen LogP contribution in [0.5, 0.6) is 0 Å². The Bertz CT molecular complexity index is 3630. The summed E-state index contributed by atoms with van der Waals surface area (Å²) in [5, 5.41) is 6.07. The molecule has 8 aromatic carbocycles.